The molecule has 1 heterocycles. The predicted octanol–water partition coefficient (Wildman–Crippen LogP) is 1.71. The molecule has 0 fully saturated rings. The van der Waals surface area contributed by atoms with Crippen molar-refractivity contribution in [2.75, 3.05) is 12.4 Å². The van der Waals surface area contributed by atoms with E-state index in [9.17, 15) is 0 Å². The van der Waals surface area contributed by atoms with E-state index in [0.29, 0.717) is 5.75 Å². The lowest BCUT2D eigenvalue weighted by atomic mass is 10.2. The maximum Gasteiger partial charge on any atom is 0.127 e. The number of thioether (sulfide) groups is 1. The summed E-state index contributed by atoms with van der Waals surface area (Å²) in [5, 5.41) is 19.8. The van der Waals surface area contributed by atoms with Crippen molar-refractivity contribution < 1.29 is 5.11 Å². The molecule has 4 heteroatoms. The molecule has 0 unspecified atom stereocenters. The fraction of sp³-hybridized carbons (Fsp3) is 0.200. The minimum Gasteiger partial charge on any atom is -0.396 e. The van der Waals surface area contributed by atoms with Crippen molar-refractivity contribution in [2.45, 2.75) is 5.03 Å². The number of aliphatic hydroxyl groups is 1. The van der Waals surface area contributed by atoms with E-state index in [4.69, 9.17) is 5.11 Å². The highest BCUT2D eigenvalue weighted by Gasteiger charge is 2.02. The summed E-state index contributed by atoms with van der Waals surface area (Å²) in [6.45, 7) is 0.162. The molecule has 0 saturated carbocycles. The Morgan fingerprint density at radius 2 is 2.14 bits per heavy atom. The minimum atomic E-state index is 0.162. The summed E-state index contributed by atoms with van der Waals surface area (Å²) < 4.78 is 0. The van der Waals surface area contributed by atoms with Gasteiger partial charge < -0.3 is 5.11 Å². The summed E-state index contributed by atoms with van der Waals surface area (Å²) >= 11 is 1.53. The van der Waals surface area contributed by atoms with Gasteiger partial charge in [0.2, 0.25) is 0 Å². The smallest absolute Gasteiger partial charge is 0.127 e. The molecule has 72 valence electrons. The maximum atomic E-state index is 8.73. The monoisotopic (exact) mass is 206 g/mol. The number of benzene rings is 1. The molecule has 0 amide bonds. The van der Waals surface area contributed by atoms with Gasteiger partial charge in [-0.1, -0.05) is 24.3 Å². The Kier molecular flexibility index (Phi) is 2.96. The van der Waals surface area contributed by atoms with Crippen LogP contribution in [0.1, 0.15) is 0 Å². The summed E-state index contributed by atoms with van der Waals surface area (Å²) in [5.74, 6) is 0.655. The first kappa shape index (κ1) is 9.43. The Bertz CT molecular complexity index is 428. The quantitative estimate of drug-likeness (QED) is 0.777. The van der Waals surface area contributed by atoms with Gasteiger partial charge in [-0.3, -0.25) is 0 Å². The zero-order valence-corrected chi connectivity index (χ0v) is 8.37. The topological polar surface area (TPSA) is 46.0 Å². The van der Waals surface area contributed by atoms with Gasteiger partial charge in [-0.15, -0.1) is 16.9 Å². The number of aromatic nitrogens is 2. The summed E-state index contributed by atoms with van der Waals surface area (Å²) in [7, 11) is 0. The van der Waals surface area contributed by atoms with Crippen molar-refractivity contribution in [3.63, 3.8) is 0 Å². The first-order chi connectivity index (χ1) is 6.92. The van der Waals surface area contributed by atoms with E-state index in [2.05, 4.69) is 10.2 Å². The lowest BCUT2D eigenvalue weighted by Gasteiger charge is -2.01. The van der Waals surface area contributed by atoms with E-state index in [1.54, 1.807) is 6.20 Å². The van der Waals surface area contributed by atoms with Gasteiger partial charge in [0, 0.05) is 16.5 Å². The number of nitrogens with zero attached hydrogens (tertiary/aromatic N) is 2. The Labute approximate surface area is 86.2 Å². The lowest BCUT2D eigenvalue weighted by molar-refractivity contribution is 0.322. The zero-order valence-electron chi connectivity index (χ0n) is 7.55. The number of hydrogen-bond acceptors (Lipinski definition) is 4. The summed E-state index contributed by atoms with van der Waals surface area (Å²) in [4.78, 5) is 0. The van der Waals surface area contributed by atoms with Crippen LogP contribution in [0.5, 0.6) is 0 Å². The summed E-state index contributed by atoms with van der Waals surface area (Å²) in [6.07, 6.45) is 1.75. The molecule has 0 spiro atoms. The summed E-state index contributed by atoms with van der Waals surface area (Å²) in [6, 6.07) is 7.98. The van der Waals surface area contributed by atoms with Gasteiger partial charge in [0.1, 0.15) is 5.03 Å². The SMILES string of the molecule is OCCSc1nncc2ccccc12. The molecule has 0 atom stereocenters. The van der Waals surface area contributed by atoms with Crippen LogP contribution in [-0.2, 0) is 0 Å². The molecule has 0 saturated heterocycles. The second kappa shape index (κ2) is 4.39. The first-order valence-corrected chi connectivity index (χ1v) is 5.34. The van der Waals surface area contributed by atoms with E-state index in [-0.39, 0.29) is 6.61 Å². The van der Waals surface area contributed by atoms with Crippen LogP contribution in [0.25, 0.3) is 10.8 Å². The average Bonchev–Trinajstić information content (AvgIpc) is 2.26. The highest BCUT2D eigenvalue weighted by Crippen LogP contribution is 2.23. The van der Waals surface area contributed by atoms with Gasteiger partial charge in [0.05, 0.1) is 12.8 Å². The Balaban J connectivity index is 2.43. The standard InChI is InChI=1S/C10H10N2OS/c13-5-6-14-10-9-4-2-1-3-8(9)7-11-12-10/h1-4,7,13H,5-6H2. The van der Waals surface area contributed by atoms with E-state index in [1.165, 1.54) is 11.8 Å². The third-order valence-corrected chi connectivity index (χ3v) is 2.83. The average molecular weight is 206 g/mol. The van der Waals surface area contributed by atoms with Crippen molar-refractivity contribution in [1.29, 1.82) is 0 Å². The van der Waals surface area contributed by atoms with Gasteiger partial charge >= 0.3 is 0 Å². The minimum absolute atomic E-state index is 0.162. The van der Waals surface area contributed by atoms with Crippen molar-refractivity contribution in [2.24, 2.45) is 0 Å². The van der Waals surface area contributed by atoms with Crippen molar-refractivity contribution in [1.82, 2.24) is 10.2 Å². The number of fused-ring (bicyclic) bond motifs is 1. The van der Waals surface area contributed by atoms with Crippen molar-refractivity contribution in [3.8, 4) is 0 Å². The fourth-order valence-corrected chi connectivity index (χ4v) is 1.98. The molecule has 0 aliphatic heterocycles. The van der Waals surface area contributed by atoms with Crippen LogP contribution in [0.4, 0.5) is 0 Å². The second-order valence-electron chi connectivity index (χ2n) is 2.81. The van der Waals surface area contributed by atoms with Gasteiger partial charge in [0.25, 0.3) is 0 Å². The molecule has 1 aromatic carbocycles. The maximum absolute atomic E-state index is 8.73. The van der Waals surface area contributed by atoms with Crippen LogP contribution >= 0.6 is 11.8 Å². The van der Waals surface area contributed by atoms with E-state index >= 15 is 0 Å². The van der Waals surface area contributed by atoms with Crippen LogP contribution in [0.2, 0.25) is 0 Å². The highest BCUT2D eigenvalue weighted by atomic mass is 32.2. The first-order valence-electron chi connectivity index (χ1n) is 4.36. The van der Waals surface area contributed by atoms with Crippen LogP contribution in [0.15, 0.2) is 35.5 Å². The van der Waals surface area contributed by atoms with Crippen LogP contribution in [-0.4, -0.2) is 27.7 Å². The van der Waals surface area contributed by atoms with E-state index < -0.39 is 0 Å². The van der Waals surface area contributed by atoms with E-state index in [1.807, 2.05) is 24.3 Å². The molecular weight excluding hydrogens is 196 g/mol. The third-order valence-electron chi connectivity index (χ3n) is 1.87. The summed E-state index contributed by atoms with van der Waals surface area (Å²) in [5.41, 5.74) is 0. The van der Waals surface area contributed by atoms with Crippen molar-refractivity contribution >= 4 is 22.5 Å². The normalized spacial score (nSPS) is 10.6. The molecule has 2 rings (SSSR count). The molecule has 3 nitrogen and oxygen atoms in total. The zero-order chi connectivity index (χ0) is 9.80. The Hall–Kier alpha value is -1.13. The largest absolute Gasteiger partial charge is 0.396 e. The highest BCUT2D eigenvalue weighted by molar-refractivity contribution is 7.99. The Morgan fingerprint density at radius 3 is 3.00 bits per heavy atom. The molecule has 1 aromatic heterocycles. The molecule has 0 bridgehead atoms. The number of hydrogen-bond donors (Lipinski definition) is 1. The Morgan fingerprint density at radius 1 is 1.29 bits per heavy atom. The van der Waals surface area contributed by atoms with E-state index in [0.717, 1.165) is 15.8 Å². The molecule has 2 aromatic rings. The fourth-order valence-electron chi connectivity index (χ4n) is 1.25. The molecule has 0 aliphatic rings. The molecule has 0 radical (unpaired) electrons. The molecule has 0 aliphatic carbocycles. The van der Waals surface area contributed by atoms with Gasteiger partial charge in [-0.05, 0) is 0 Å². The molecule has 1 N–H and O–H groups in total. The van der Waals surface area contributed by atoms with Crippen molar-refractivity contribution in [3.05, 3.63) is 30.5 Å². The lowest BCUT2D eigenvalue weighted by Crippen LogP contribution is -1.91. The number of rotatable bonds is 3. The number of aliphatic hydroxyl groups excluding tert-OH is 1. The van der Waals surface area contributed by atoms with Crippen LogP contribution in [0.3, 0.4) is 0 Å². The molecular formula is C10H10N2OS. The molecule has 14 heavy (non-hydrogen) atoms. The van der Waals surface area contributed by atoms with Gasteiger partial charge in [0.15, 0.2) is 0 Å². The van der Waals surface area contributed by atoms with Gasteiger partial charge in [-0.2, -0.15) is 5.10 Å². The third kappa shape index (κ3) is 1.86. The van der Waals surface area contributed by atoms with Gasteiger partial charge in [-0.25, -0.2) is 0 Å². The van der Waals surface area contributed by atoms with Crippen LogP contribution < -0.4 is 0 Å². The predicted molar refractivity (Wildman–Crippen MR) is 57.3 cm³/mol. The second-order valence-corrected chi connectivity index (χ2v) is 3.89. The van der Waals surface area contributed by atoms with Crippen LogP contribution in [0, 0.1) is 0 Å².